The molecule has 0 aromatic heterocycles. The van der Waals surface area contributed by atoms with Crippen molar-refractivity contribution >= 4 is 18.0 Å². The molecule has 0 saturated carbocycles. The van der Waals surface area contributed by atoms with Crippen LogP contribution < -0.4 is 10.6 Å². The number of carboxylic acid groups (broad SMARTS) is 1. The van der Waals surface area contributed by atoms with Crippen molar-refractivity contribution in [2.45, 2.75) is 38.3 Å². The maximum absolute atomic E-state index is 13.4. The van der Waals surface area contributed by atoms with E-state index in [2.05, 4.69) is 34.9 Å². The molecule has 1 fully saturated rings. The molecule has 1 aliphatic heterocycles. The molecular formula is C33H37N3O5. The van der Waals surface area contributed by atoms with Crippen molar-refractivity contribution < 1.29 is 24.2 Å². The maximum Gasteiger partial charge on any atom is 0.407 e. The van der Waals surface area contributed by atoms with Crippen molar-refractivity contribution in [1.82, 2.24) is 15.5 Å². The highest BCUT2D eigenvalue weighted by atomic mass is 16.5. The monoisotopic (exact) mass is 555 g/mol. The van der Waals surface area contributed by atoms with E-state index in [9.17, 15) is 19.5 Å². The first-order valence-electron chi connectivity index (χ1n) is 14.2. The lowest BCUT2D eigenvalue weighted by molar-refractivity contribution is -0.148. The predicted octanol–water partition coefficient (Wildman–Crippen LogP) is 4.64. The van der Waals surface area contributed by atoms with E-state index in [1.165, 1.54) is 0 Å². The van der Waals surface area contributed by atoms with Crippen LogP contribution in [0.25, 0.3) is 11.1 Å². The second kappa shape index (κ2) is 12.1. The second-order valence-corrected chi connectivity index (χ2v) is 11.4. The minimum atomic E-state index is -1.37. The zero-order valence-corrected chi connectivity index (χ0v) is 23.5. The van der Waals surface area contributed by atoms with Crippen LogP contribution in [0.1, 0.15) is 42.9 Å². The van der Waals surface area contributed by atoms with Crippen LogP contribution in [0.3, 0.4) is 0 Å². The number of ether oxygens (including phenoxy) is 1. The van der Waals surface area contributed by atoms with E-state index in [1.54, 1.807) is 0 Å². The van der Waals surface area contributed by atoms with Gasteiger partial charge >= 0.3 is 12.1 Å². The molecule has 2 unspecified atom stereocenters. The number of alkyl carbamates (subject to hydrolysis) is 1. The number of rotatable bonds is 10. The Labute approximate surface area is 240 Å². The summed E-state index contributed by atoms with van der Waals surface area (Å²) in [6.45, 7) is 5.38. The predicted molar refractivity (Wildman–Crippen MR) is 156 cm³/mol. The number of hydrogen-bond acceptors (Lipinski definition) is 5. The molecule has 41 heavy (non-hydrogen) atoms. The number of carbonyl (C=O) groups excluding carboxylic acids is 2. The molecule has 0 spiro atoms. The highest BCUT2D eigenvalue weighted by Gasteiger charge is 2.47. The molecule has 1 aliphatic carbocycles. The van der Waals surface area contributed by atoms with Gasteiger partial charge in [-0.25, -0.2) is 9.59 Å². The van der Waals surface area contributed by atoms with Gasteiger partial charge in [-0.05, 0) is 40.2 Å². The second-order valence-electron chi connectivity index (χ2n) is 11.4. The average molecular weight is 556 g/mol. The number of nitrogens with zero attached hydrogens (tertiary/aromatic N) is 1. The fraction of sp³-hybridized carbons (Fsp3) is 0.364. The lowest BCUT2D eigenvalue weighted by Crippen LogP contribution is -2.58. The van der Waals surface area contributed by atoms with Gasteiger partial charge in [-0.3, -0.25) is 9.69 Å². The Balaban J connectivity index is 1.17. The van der Waals surface area contributed by atoms with Crippen LogP contribution in [0.4, 0.5) is 4.79 Å². The van der Waals surface area contributed by atoms with Gasteiger partial charge in [0.15, 0.2) is 5.54 Å². The van der Waals surface area contributed by atoms with E-state index < -0.39 is 23.5 Å². The standard InChI is InChI=1S/C33H37N3O5/c1-22(2)28(30(37)35-33(31(38)39)16-17-36(21-33)19-23-10-4-3-5-11-23)18-34-32(40)41-20-29-26-14-8-6-12-24(26)25-13-7-9-15-27(25)29/h3-15,22,28-29H,16-21H2,1-2H3,(H,34,40)(H,35,37)(H,38,39). The molecule has 2 atom stereocenters. The first-order chi connectivity index (χ1) is 19.8. The van der Waals surface area contributed by atoms with E-state index in [0.717, 1.165) is 27.8 Å². The van der Waals surface area contributed by atoms with E-state index >= 15 is 0 Å². The molecule has 3 aromatic rings. The topological polar surface area (TPSA) is 108 Å². The van der Waals surface area contributed by atoms with Gasteiger partial charge in [-0.15, -0.1) is 0 Å². The number of carboxylic acids is 1. The quantitative estimate of drug-likeness (QED) is 0.336. The fourth-order valence-corrected chi connectivity index (χ4v) is 6.00. The van der Waals surface area contributed by atoms with Crippen molar-refractivity contribution in [1.29, 1.82) is 0 Å². The van der Waals surface area contributed by atoms with E-state index in [1.807, 2.05) is 73.3 Å². The van der Waals surface area contributed by atoms with Crippen LogP contribution in [0.15, 0.2) is 78.9 Å². The highest BCUT2D eigenvalue weighted by molar-refractivity contribution is 5.89. The molecule has 2 aliphatic rings. The Morgan fingerprint density at radius 1 is 0.951 bits per heavy atom. The number of hydrogen-bond donors (Lipinski definition) is 3. The molecule has 5 rings (SSSR count). The average Bonchev–Trinajstić information content (AvgIpc) is 3.52. The van der Waals surface area contributed by atoms with Crippen LogP contribution in [0, 0.1) is 11.8 Å². The summed E-state index contributed by atoms with van der Waals surface area (Å²) in [5.74, 6) is -2.24. The smallest absolute Gasteiger partial charge is 0.407 e. The Morgan fingerprint density at radius 3 is 2.17 bits per heavy atom. The third kappa shape index (κ3) is 6.12. The lowest BCUT2D eigenvalue weighted by Gasteiger charge is -2.30. The van der Waals surface area contributed by atoms with Gasteiger partial charge in [0.1, 0.15) is 6.61 Å². The van der Waals surface area contributed by atoms with Crippen LogP contribution in [-0.4, -0.2) is 59.8 Å². The number of carbonyl (C=O) groups is 3. The molecule has 8 nitrogen and oxygen atoms in total. The summed E-state index contributed by atoms with van der Waals surface area (Å²) in [6.07, 6.45) is -0.293. The first kappa shape index (κ1) is 28.4. The van der Waals surface area contributed by atoms with Gasteiger partial charge < -0.3 is 20.5 Å². The molecule has 0 radical (unpaired) electrons. The van der Waals surface area contributed by atoms with Crippen molar-refractivity contribution in [3.63, 3.8) is 0 Å². The summed E-state index contributed by atoms with van der Waals surface area (Å²) >= 11 is 0. The Bertz CT molecular complexity index is 1360. The normalized spacial score (nSPS) is 18.9. The molecule has 214 valence electrons. The molecule has 3 aromatic carbocycles. The summed E-state index contributed by atoms with van der Waals surface area (Å²) in [5, 5.41) is 15.7. The van der Waals surface area contributed by atoms with Crippen LogP contribution in [0.5, 0.6) is 0 Å². The number of nitrogens with one attached hydrogen (secondary N) is 2. The summed E-state index contributed by atoms with van der Waals surface area (Å²) in [5.41, 5.74) is 4.26. The molecule has 3 N–H and O–H groups in total. The Hall–Kier alpha value is -4.17. The number of likely N-dealkylation sites (tertiary alicyclic amines) is 1. The highest BCUT2D eigenvalue weighted by Crippen LogP contribution is 2.44. The van der Waals surface area contributed by atoms with Crippen molar-refractivity contribution in [2.24, 2.45) is 11.8 Å². The first-order valence-corrected chi connectivity index (χ1v) is 14.2. The molecular weight excluding hydrogens is 518 g/mol. The zero-order valence-electron chi connectivity index (χ0n) is 23.5. The number of fused-ring (bicyclic) bond motifs is 3. The Kier molecular flexibility index (Phi) is 8.40. The molecule has 1 saturated heterocycles. The molecule has 1 heterocycles. The minimum Gasteiger partial charge on any atom is -0.479 e. The van der Waals surface area contributed by atoms with Crippen LogP contribution >= 0.6 is 0 Å². The summed E-state index contributed by atoms with van der Waals surface area (Å²) in [4.78, 5) is 40.5. The van der Waals surface area contributed by atoms with Gasteiger partial charge in [0.2, 0.25) is 5.91 Å². The van der Waals surface area contributed by atoms with Gasteiger partial charge in [0.05, 0.1) is 5.92 Å². The van der Waals surface area contributed by atoms with Crippen LogP contribution in [0.2, 0.25) is 0 Å². The van der Waals surface area contributed by atoms with Gasteiger partial charge in [0, 0.05) is 32.1 Å². The van der Waals surface area contributed by atoms with Crippen molar-refractivity contribution in [2.75, 3.05) is 26.2 Å². The lowest BCUT2D eigenvalue weighted by atomic mass is 9.91. The number of amides is 2. The van der Waals surface area contributed by atoms with Crippen LogP contribution in [-0.2, 0) is 20.9 Å². The largest absolute Gasteiger partial charge is 0.479 e. The molecule has 0 bridgehead atoms. The summed E-state index contributed by atoms with van der Waals surface area (Å²) in [7, 11) is 0. The third-order valence-electron chi connectivity index (χ3n) is 8.32. The molecule has 8 heteroatoms. The van der Waals surface area contributed by atoms with E-state index in [0.29, 0.717) is 19.5 Å². The minimum absolute atomic E-state index is 0.0452. The number of benzene rings is 3. The SMILES string of the molecule is CC(C)C(CNC(=O)OCC1c2ccccc2-c2ccccc21)C(=O)NC1(C(=O)O)CCN(Cc2ccccc2)C1. The summed E-state index contributed by atoms with van der Waals surface area (Å²) in [6, 6.07) is 26.1. The van der Waals surface area contributed by atoms with Crippen molar-refractivity contribution in [3.05, 3.63) is 95.6 Å². The number of aliphatic carboxylic acids is 1. The van der Waals surface area contributed by atoms with E-state index in [4.69, 9.17) is 4.74 Å². The van der Waals surface area contributed by atoms with Gasteiger partial charge in [-0.2, -0.15) is 0 Å². The fourth-order valence-electron chi connectivity index (χ4n) is 6.00. The van der Waals surface area contributed by atoms with E-state index in [-0.39, 0.29) is 37.4 Å². The zero-order chi connectivity index (χ0) is 29.0. The Morgan fingerprint density at radius 2 is 1.56 bits per heavy atom. The van der Waals surface area contributed by atoms with Crippen molar-refractivity contribution in [3.8, 4) is 11.1 Å². The van der Waals surface area contributed by atoms with Gasteiger partial charge in [-0.1, -0.05) is 92.7 Å². The third-order valence-corrected chi connectivity index (χ3v) is 8.32. The molecule has 2 amide bonds. The summed E-state index contributed by atoms with van der Waals surface area (Å²) < 4.78 is 5.63. The van der Waals surface area contributed by atoms with Gasteiger partial charge in [0.25, 0.3) is 0 Å². The maximum atomic E-state index is 13.4.